The molecular formula is C11H14N2O4. The zero-order valence-electron chi connectivity index (χ0n) is 9.36. The lowest BCUT2D eigenvalue weighted by Gasteiger charge is -2.06. The van der Waals surface area contributed by atoms with E-state index < -0.39 is 5.97 Å². The highest BCUT2D eigenvalue weighted by atomic mass is 16.4. The Morgan fingerprint density at radius 2 is 2.06 bits per heavy atom. The Kier molecular flexibility index (Phi) is 4.47. The van der Waals surface area contributed by atoms with Crippen molar-refractivity contribution in [2.45, 2.75) is 6.42 Å². The van der Waals surface area contributed by atoms with Crippen LogP contribution in [0, 0.1) is 0 Å². The van der Waals surface area contributed by atoms with E-state index in [0.717, 1.165) is 0 Å². The molecule has 92 valence electrons. The molecule has 1 aromatic rings. The molecule has 1 aromatic carbocycles. The molecule has 1 rings (SSSR count). The first-order valence-electron chi connectivity index (χ1n) is 5.05. The predicted molar refractivity (Wildman–Crippen MR) is 62.2 cm³/mol. The fourth-order valence-electron chi connectivity index (χ4n) is 1.25. The third-order valence-corrected chi connectivity index (χ3v) is 2.11. The largest absolute Gasteiger partial charge is 0.507 e. The second-order valence-corrected chi connectivity index (χ2v) is 3.44. The number of aromatic carboxylic acids is 1. The Morgan fingerprint density at radius 1 is 1.35 bits per heavy atom. The SMILES string of the molecule is CNCCC(=O)Nc1ccc(C(=O)O)c(O)c1. The minimum absolute atomic E-state index is 0.196. The van der Waals surface area contributed by atoms with Crippen molar-refractivity contribution >= 4 is 17.6 Å². The molecule has 0 atom stereocenters. The first kappa shape index (κ1) is 13.0. The first-order chi connectivity index (χ1) is 8.04. The summed E-state index contributed by atoms with van der Waals surface area (Å²) in [7, 11) is 1.74. The topological polar surface area (TPSA) is 98.7 Å². The molecule has 0 heterocycles. The number of aromatic hydroxyl groups is 1. The van der Waals surface area contributed by atoms with Gasteiger partial charge in [-0.15, -0.1) is 0 Å². The van der Waals surface area contributed by atoms with Crippen LogP contribution in [0.4, 0.5) is 5.69 Å². The van der Waals surface area contributed by atoms with Crippen LogP contribution in [-0.2, 0) is 4.79 Å². The molecule has 0 radical (unpaired) electrons. The summed E-state index contributed by atoms with van der Waals surface area (Å²) in [6.45, 7) is 0.547. The number of anilines is 1. The summed E-state index contributed by atoms with van der Waals surface area (Å²) in [6.07, 6.45) is 0.304. The molecule has 0 spiro atoms. The summed E-state index contributed by atoms with van der Waals surface area (Å²) in [5.41, 5.74) is 0.173. The lowest BCUT2D eigenvalue weighted by Crippen LogP contribution is -2.18. The fraction of sp³-hybridized carbons (Fsp3) is 0.273. The Balaban J connectivity index is 2.70. The molecule has 0 aliphatic carbocycles. The summed E-state index contributed by atoms with van der Waals surface area (Å²) in [5.74, 6) is -1.79. The van der Waals surface area contributed by atoms with Gasteiger partial charge in [0.05, 0.1) is 0 Å². The molecule has 0 aliphatic heterocycles. The molecule has 0 aromatic heterocycles. The number of hydrogen-bond acceptors (Lipinski definition) is 4. The maximum Gasteiger partial charge on any atom is 0.339 e. The highest BCUT2D eigenvalue weighted by molar-refractivity contribution is 5.94. The molecule has 4 N–H and O–H groups in total. The van der Waals surface area contributed by atoms with E-state index in [4.69, 9.17) is 5.11 Å². The van der Waals surface area contributed by atoms with E-state index in [1.54, 1.807) is 7.05 Å². The molecule has 0 bridgehead atoms. The second kappa shape index (κ2) is 5.86. The average molecular weight is 238 g/mol. The molecule has 0 unspecified atom stereocenters. The Morgan fingerprint density at radius 3 is 2.59 bits per heavy atom. The number of rotatable bonds is 5. The fourth-order valence-corrected chi connectivity index (χ4v) is 1.25. The van der Waals surface area contributed by atoms with Gasteiger partial charge in [0, 0.05) is 24.7 Å². The summed E-state index contributed by atoms with van der Waals surface area (Å²) >= 11 is 0. The molecule has 1 amide bonds. The van der Waals surface area contributed by atoms with Crippen LogP contribution >= 0.6 is 0 Å². The van der Waals surface area contributed by atoms with Gasteiger partial charge in [-0.1, -0.05) is 0 Å². The highest BCUT2D eigenvalue weighted by Crippen LogP contribution is 2.21. The molecule has 0 fully saturated rings. The van der Waals surface area contributed by atoms with Crippen molar-refractivity contribution in [3.8, 4) is 5.75 Å². The smallest absolute Gasteiger partial charge is 0.339 e. The number of nitrogens with one attached hydrogen (secondary N) is 2. The van der Waals surface area contributed by atoms with Gasteiger partial charge in [0.15, 0.2) is 0 Å². The minimum atomic E-state index is -1.21. The summed E-state index contributed by atoms with van der Waals surface area (Å²) < 4.78 is 0. The van der Waals surface area contributed by atoms with Crippen molar-refractivity contribution in [2.75, 3.05) is 18.9 Å². The van der Waals surface area contributed by atoms with Crippen LogP contribution in [0.2, 0.25) is 0 Å². The van der Waals surface area contributed by atoms with Gasteiger partial charge in [0.25, 0.3) is 0 Å². The molecule has 0 aliphatic rings. The second-order valence-electron chi connectivity index (χ2n) is 3.44. The van der Waals surface area contributed by atoms with Crippen molar-refractivity contribution in [1.82, 2.24) is 5.32 Å². The summed E-state index contributed by atoms with van der Waals surface area (Å²) in [4.78, 5) is 22.0. The van der Waals surface area contributed by atoms with Crippen LogP contribution in [0.1, 0.15) is 16.8 Å². The van der Waals surface area contributed by atoms with Gasteiger partial charge < -0.3 is 20.8 Å². The van der Waals surface area contributed by atoms with E-state index in [1.165, 1.54) is 18.2 Å². The van der Waals surface area contributed by atoms with Crippen LogP contribution in [-0.4, -0.2) is 35.7 Å². The number of hydrogen-bond donors (Lipinski definition) is 4. The molecular weight excluding hydrogens is 224 g/mol. The summed E-state index contributed by atoms with van der Waals surface area (Å²) in [5, 5.41) is 23.5. The van der Waals surface area contributed by atoms with Crippen LogP contribution in [0.15, 0.2) is 18.2 Å². The van der Waals surface area contributed by atoms with Gasteiger partial charge in [-0.2, -0.15) is 0 Å². The van der Waals surface area contributed by atoms with E-state index in [0.29, 0.717) is 18.7 Å². The van der Waals surface area contributed by atoms with Gasteiger partial charge in [0.1, 0.15) is 11.3 Å². The Hall–Kier alpha value is -2.08. The van der Waals surface area contributed by atoms with Crippen LogP contribution < -0.4 is 10.6 Å². The van der Waals surface area contributed by atoms with Crippen molar-refractivity contribution in [3.63, 3.8) is 0 Å². The number of amides is 1. The van der Waals surface area contributed by atoms with Crippen LogP contribution in [0.25, 0.3) is 0 Å². The van der Waals surface area contributed by atoms with Crippen LogP contribution in [0.3, 0.4) is 0 Å². The molecule has 0 saturated carbocycles. The van der Waals surface area contributed by atoms with E-state index in [9.17, 15) is 14.7 Å². The van der Waals surface area contributed by atoms with Crippen molar-refractivity contribution in [3.05, 3.63) is 23.8 Å². The molecule has 6 nitrogen and oxygen atoms in total. The molecule has 17 heavy (non-hydrogen) atoms. The quantitative estimate of drug-likeness (QED) is 0.603. The maximum absolute atomic E-state index is 11.4. The third-order valence-electron chi connectivity index (χ3n) is 2.11. The van der Waals surface area contributed by atoms with E-state index in [-0.39, 0.29) is 17.2 Å². The highest BCUT2D eigenvalue weighted by Gasteiger charge is 2.10. The van der Waals surface area contributed by atoms with Gasteiger partial charge in [-0.3, -0.25) is 4.79 Å². The molecule has 0 saturated heterocycles. The standard InChI is InChI=1S/C11H14N2O4/c1-12-5-4-10(15)13-7-2-3-8(11(16)17)9(14)6-7/h2-3,6,12,14H,4-5H2,1H3,(H,13,15)(H,16,17). The average Bonchev–Trinajstić information content (AvgIpc) is 2.26. The lowest BCUT2D eigenvalue weighted by molar-refractivity contribution is -0.116. The monoisotopic (exact) mass is 238 g/mol. The number of carboxylic acid groups (broad SMARTS) is 1. The number of carbonyl (C=O) groups is 2. The maximum atomic E-state index is 11.4. The zero-order chi connectivity index (χ0) is 12.8. The number of carboxylic acids is 1. The minimum Gasteiger partial charge on any atom is -0.507 e. The van der Waals surface area contributed by atoms with Gasteiger partial charge >= 0.3 is 5.97 Å². The van der Waals surface area contributed by atoms with Crippen LogP contribution in [0.5, 0.6) is 5.75 Å². The Labute approximate surface area is 98.3 Å². The predicted octanol–water partition coefficient (Wildman–Crippen LogP) is 0.638. The number of benzene rings is 1. The summed E-state index contributed by atoms with van der Waals surface area (Å²) in [6, 6.07) is 3.88. The van der Waals surface area contributed by atoms with Crippen molar-refractivity contribution < 1.29 is 19.8 Å². The van der Waals surface area contributed by atoms with Gasteiger partial charge in [0.2, 0.25) is 5.91 Å². The van der Waals surface area contributed by atoms with Gasteiger partial charge in [-0.25, -0.2) is 4.79 Å². The van der Waals surface area contributed by atoms with E-state index in [2.05, 4.69) is 10.6 Å². The third kappa shape index (κ3) is 3.76. The number of carbonyl (C=O) groups excluding carboxylic acids is 1. The number of phenols is 1. The van der Waals surface area contributed by atoms with Crippen molar-refractivity contribution in [2.24, 2.45) is 0 Å². The van der Waals surface area contributed by atoms with Crippen molar-refractivity contribution in [1.29, 1.82) is 0 Å². The van der Waals surface area contributed by atoms with E-state index in [1.807, 2.05) is 0 Å². The Bertz CT molecular complexity index is 431. The van der Waals surface area contributed by atoms with Gasteiger partial charge in [-0.05, 0) is 19.2 Å². The molecule has 6 heteroatoms. The first-order valence-corrected chi connectivity index (χ1v) is 5.05. The zero-order valence-corrected chi connectivity index (χ0v) is 9.36. The van der Waals surface area contributed by atoms with E-state index >= 15 is 0 Å². The lowest BCUT2D eigenvalue weighted by atomic mass is 10.2. The normalized spacial score (nSPS) is 9.94.